The highest BCUT2D eigenvalue weighted by molar-refractivity contribution is 6.04. The van der Waals surface area contributed by atoms with Crippen molar-refractivity contribution in [3.8, 4) is 5.75 Å². The number of nitrogens with one attached hydrogen (secondary N) is 1. The summed E-state index contributed by atoms with van der Waals surface area (Å²) >= 11 is 0. The van der Waals surface area contributed by atoms with Gasteiger partial charge in [0.1, 0.15) is 11.6 Å². The van der Waals surface area contributed by atoms with Gasteiger partial charge in [0.25, 0.3) is 11.8 Å². The number of benzene rings is 2. The van der Waals surface area contributed by atoms with E-state index in [2.05, 4.69) is 21.4 Å². The number of carbonyl (C=O) groups excluding carboxylic acids is 2. The molecule has 0 unspecified atom stereocenters. The highest BCUT2D eigenvalue weighted by Crippen LogP contribution is 2.34. The molecule has 0 radical (unpaired) electrons. The lowest BCUT2D eigenvalue weighted by Gasteiger charge is -2.26. The van der Waals surface area contributed by atoms with E-state index in [-0.39, 0.29) is 42.4 Å². The van der Waals surface area contributed by atoms with Crippen LogP contribution in [0.2, 0.25) is 0 Å². The average Bonchev–Trinajstić information content (AvgIpc) is 3.41. The number of nitrogens with zero attached hydrogens (tertiary/aromatic N) is 4. The van der Waals surface area contributed by atoms with Crippen LogP contribution in [0.3, 0.4) is 0 Å². The van der Waals surface area contributed by atoms with Gasteiger partial charge in [0.05, 0.1) is 6.54 Å². The highest BCUT2D eigenvalue weighted by Gasteiger charge is 2.30. The van der Waals surface area contributed by atoms with Crippen LogP contribution in [-0.2, 0) is 17.8 Å². The molecule has 2 aliphatic heterocycles. The second kappa shape index (κ2) is 10.9. The van der Waals surface area contributed by atoms with Gasteiger partial charge in [-0.2, -0.15) is 5.10 Å². The first-order valence-corrected chi connectivity index (χ1v) is 11.7. The molecule has 0 saturated heterocycles. The Hall–Kier alpha value is -3.76. The van der Waals surface area contributed by atoms with E-state index >= 15 is 0 Å². The molecule has 0 aliphatic carbocycles. The molecule has 10 nitrogen and oxygen atoms in total. The maximum absolute atomic E-state index is 12.9. The number of fused-ring (bicyclic) bond motifs is 2. The van der Waals surface area contributed by atoms with Crippen LogP contribution < -0.4 is 15.0 Å². The van der Waals surface area contributed by atoms with Gasteiger partial charge in [0.15, 0.2) is 11.4 Å². The number of likely N-dealkylation sites (N-methyl/N-ethyl adjacent to an activating group) is 1. The molecule has 2 aromatic carbocycles. The van der Waals surface area contributed by atoms with Crippen LogP contribution in [-0.4, -0.2) is 63.3 Å². The number of rotatable bonds is 6. The largest absolute Gasteiger partial charge is 0.478 e. The molecule has 2 N–H and O–H groups in total. The SMILES string of the molecule is CN1CCc2cc(N3CCn4nc(NC(=O)c5cccc(OC(C)(C)C(=O)O)c5)cc43)ccc2C1=O.Cl.Cl. The van der Waals surface area contributed by atoms with E-state index in [9.17, 15) is 19.5 Å². The molecule has 0 spiro atoms. The third-order valence-electron chi connectivity index (χ3n) is 6.49. The third-order valence-corrected chi connectivity index (χ3v) is 6.49. The van der Waals surface area contributed by atoms with Crippen LogP contribution >= 0.6 is 24.8 Å². The van der Waals surface area contributed by atoms with Crippen molar-refractivity contribution in [3.63, 3.8) is 0 Å². The fourth-order valence-electron chi connectivity index (χ4n) is 4.41. The summed E-state index contributed by atoms with van der Waals surface area (Å²) in [6.45, 7) is 4.99. The van der Waals surface area contributed by atoms with Crippen molar-refractivity contribution >= 4 is 59.9 Å². The molecule has 0 saturated carbocycles. The summed E-state index contributed by atoms with van der Waals surface area (Å²) < 4.78 is 7.38. The first-order valence-electron chi connectivity index (χ1n) is 11.7. The molecule has 2 aliphatic rings. The minimum atomic E-state index is -1.43. The normalized spacial score (nSPS) is 14.1. The van der Waals surface area contributed by atoms with Crippen LogP contribution in [0.15, 0.2) is 48.5 Å². The van der Waals surface area contributed by atoms with Crippen LogP contribution in [0.4, 0.5) is 17.3 Å². The zero-order chi connectivity index (χ0) is 25.6. The summed E-state index contributed by atoms with van der Waals surface area (Å²) in [5, 5.41) is 16.6. The van der Waals surface area contributed by atoms with Gasteiger partial charge >= 0.3 is 5.97 Å². The Morgan fingerprint density at radius 1 is 1.05 bits per heavy atom. The number of carbonyl (C=O) groups is 3. The minimum Gasteiger partial charge on any atom is -0.478 e. The number of carboxylic acids is 1. The molecular formula is C26H29Cl2N5O5. The number of anilines is 3. The summed E-state index contributed by atoms with van der Waals surface area (Å²) in [7, 11) is 1.81. The highest BCUT2D eigenvalue weighted by atomic mass is 35.5. The maximum atomic E-state index is 12.9. The first-order chi connectivity index (χ1) is 17.1. The van der Waals surface area contributed by atoms with Crippen LogP contribution in [0, 0.1) is 0 Å². The van der Waals surface area contributed by atoms with Gasteiger partial charge in [0, 0.05) is 43.0 Å². The number of ether oxygens (including phenoxy) is 1. The molecule has 3 aromatic rings. The molecule has 38 heavy (non-hydrogen) atoms. The molecule has 202 valence electrons. The first kappa shape index (κ1) is 28.8. The monoisotopic (exact) mass is 561 g/mol. The summed E-state index contributed by atoms with van der Waals surface area (Å²) in [6.07, 6.45) is 0.812. The predicted octanol–water partition coefficient (Wildman–Crippen LogP) is 4.00. The molecule has 5 rings (SSSR count). The summed E-state index contributed by atoms with van der Waals surface area (Å²) in [5.74, 6) is 0.1000. The van der Waals surface area contributed by atoms with Crippen molar-refractivity contribution in [1.82, 2.24) is 14.7 Å². The Labute approximate surface area is 232 Å². The van der Waals surface area contributed by atoms with E-state index in [0.29, 0.717) is 24.5 Å². The number of hydrogen-bond acceptors (Lipinski definition) is 6. The van der Waals surface area contributed by atoms with Crippen molar-refractivity contribution in [2.45, 2.75) is 32.4 Å². The number of amides is 2. The summed E-state index contributed by atoms with van der Waals surface area (Å²) in [4.78, 5) is 40.5. The summed E-state index contributed by atoms with van der Waals surface area (Å²) in [5.41, 5.74) is 1.65. The quantitative estimate of drug-likeness (QED) is 0.467. The van der Waals surface area contributed by atoms with Crippen molar-refractivity contribution in [2.24, 2.45) is 0 Å². The molecule has 0 bridgehead atoms. The van der Waals surface area contributed by atoms with Crippen LogP contribution in [0.1, 0.15) is 40.1 Å². The lowest BCUT2D eigenvalue weighted by Crippen LogP contribution is -2.37. The van der Waals surface area contributed by atoms with E-state index < -0.39 is 11.6 Å². The Morgan fingerprint density at radius 3 is 2.55 bits per heavy atom. The standard InChI is InChI=1S/C26H27N5O5.2ClH/c1-26(2,25(34)35)36-19-6-4-5-17(14-19)23(32)27-21-15-22-30(11-12-31(22)28-21)18-7-8-20-16(13-18)9-10-29(3)24(20)33;;/h4-8,13-15H,9-12H2,1-3H3,(H,34,35)(H,27,28,32);2*1H. The fourth-order valence-corrected chi connectivity index (χ4v) is 4.41. The topological polar surface area (TPSA) is 117 Å². The summed E-state index contributed by atoms with van der Waals surface area (Å²) in [6, 6.07) is 14.1. The number of halogens is 2. The molecular weight excluding hydrogens is 533 g/mol. The van der Waals surface area contributed by atoms with Gasteiger partial charge < -0.3 is 25.0 Å². The van der Waals surface area contributed by atoms with Gasteiger partial charge in [-0.25, -0.2) is 9.48 Å². The van der Waals surface area contributed by atoms with Crippen molar-refractivity contribution in [2.75, 3.05) is 30.4 Å². The number of aromatic nitrogens is 2. The van der Waals surface area contributed by atoms with Crippen LogP contribution in [0.5, 0.6) is 5.75 Å². The number of carboxylic acid groups (broad SMARTS) is 1. The van der Waals surface area contributed by atoms with Gasteiger partial charge in [-0.05, 0) is 62.2 Å². The molecule has 2 amide bonds. The zero-order valence-corrected chi connectivity index (χ0v) is 22.8. The van der Waals surface area contributed by atoms with Gasteiger partial charge in [-0.15, -0.1) is 24.8 Å². The maximum Gasteiger partial charge on any atom is 0.347 e. The molecule has 12 heteroatoms. The second-order valence-electron chi connectivity index (χ2n) is 9.48. The molecule has 0 fully saturated rings. The van der Waals surface area contributed by atoms with Gasteiger partial charge in [-0.1, -0.05) is 6.07 Å². The van der Waals surface area contributed by atoms with Crippen molar-refractivity contribution < 1.29 is 24.2 Å². The Kier molecular flexibility index (Phi) is 8.28. The molecule has 1 aromatic heterocycles. The van der Waals surface area contributed by atoms with Crippen LogP contribution in [0.25, 0.3) is 0 Å². The number of aliphatic carboxylic acids is 1. The average molecular weight is 562 g/mol. The number of hydrogen-bond donors (Lipinski definition) is 2. The second-order valence-corrected chi connectivity index (χ2v) is 9.48. The predicted molar refractivity (Wildman–Crippen MR) is 148 cm³/mol. The smallest absolute Gasteiger partial charge is 0.347 e. The third kappa shape index (κ3) is 5.41. The van der Waals surface area contributed by atoms with E-state index in [1.54, 1.807) is 23.1 Å². The van der Waals surface area contributed by atoms with E-state index in [4.69, 9.17) is 4.74 Å². The minimum absolute atomic E-state index is 0. The van der Waals surface area contributed by atoms with Gasteiger partial charge in [-0.3, -0.25) is 9.59 Å². The molecule has 3 heterocycles. The Bertz CT molecular complexity index is 1390. The van der Waals surface area contributed by atoms with E-state index in [0.717, 1.165) is 35.6 Å². The molecule has 0 atom stereocenters. The lowest BCUT2D eigenvalue weighted by molar-refractivity contribution is -0.152. The zero-order valence-electron chi connectivity index (χ0n) is 21.1. The van der Waals surface area contributed by atoms with E-state index in [1.807, 2.05) is 29.9 Å². The van der Waals surface area contributed by atoms with Crippen molar-refractivity contribution in [1.29, 1.82) is 0 Å². The Balaban J connectivity index is 0.00000200. The van der Waals surface area contributed by atoms with Gasteiger partial charge in [0.2, 0.25) is 0 Å². The Morgan fingerprint density at radius 2 is 1.82 bits per heavy atom. The van der Waals surface area contributed by atoms with E-state index in [1.165, 1.54) is 19.9 Å². The lowest BCUT2D eigenvalue weighted by atomic mass is 9.98. The van der Waals surface area contributed by atoms with Crippen molar-refractivity contribution in [3.05, 3.63) is 65.2 Å². The fraction of sp³-hybridized carbons (Fsp3) is 0.308.